The van der Waals surface area contributed by atoms with Crippen molar-refractivity contribution in [3.63, 3.8) is 0 Å². The standard InChI is InChI=1S/C14H25N3O/c1-11-8-17(9-13-6-4-5-7-13)14(15-11)16-12(2)10-18-3/h8,12-13H,4-7,9-10H2,1-3H3,(H,15,16). The maximum Gasteiger partial charge on any atom is 0.203 e. The van der Waals surface area contributed by atoms with Gasteiger partial charge in [0.1, 0.15) is 0 Å². The number of hydrogen-bond acceptors (Lipinski definition) is 3. The van der Waals surface area contributed by atoms with E-state index in [4.69, 9.17) is 4.74 Å². The molecule has 0 spiro atoms. The van der Waals surface area contributed by atoms with Crippen LogP contribution in [0.25, 0.3) is 0 Å². The summed E-state index contributed by atoms with van der Waals surface area (Å²) in [5, 5.41) is 3.43. The number of imidazole rings is 1. The average Bonchev–Trinajstić information content (AvgIpc) is 2.90. The molecule has 18 heavy (non-hydrogen) atoms. The molecule has 1 saturated carbocycles. The van der Waals surface area contributed by atoms with Crippen molar-refractivity contribution in [3.05, 3.63) is 11.9 Å². The van der Waals surface area contributed by atoms with Crippen LogP contribution in [-0.2, 0) is 11.3 Å². The van der Waals surface area contributed by atoms with Crippen molar-refractivity contribution in [2.45, 2.75) is 52.1 Å². The van der Waals surface area contributed by atoms with E-state index in [1.807, 2.05) is 0 Å². The maximum atomic E-state index is 5.16. The summed E-state index contributed by atoms with van der Waals surface area (Å²) in [5.74, 6) is 1.82. The summed E-state index contributed by atoms with van der Waals surface area (Å²) >= 11 is 0. The lowest BCUT2D eigenvalue weighted by Gasteiger charge is -2.17. The van der Waals surface area contributed by atoms with Crippen LogP contribution in [0.1, 0.15) is 38.3 Å². The number of rotatable bonds is 6. The Morgan fingerprint density at radius 2 is 2.22 bits per heavy atom. The van der Waals surface area contributed by atoms with E-state index in [9.17, 15) is 0 Å². The Morgan fingerprint density at radius 3 is 2.89 bits per heavy atom. The first-order valence-electron chi connectivity index (χ1n) is 6.98. The molecule has 1 aliphatic carbocycles. The minimum Gasteiger partial charge on any atom is -0.383 e. The molecule has 4 heteroatoms. The minimum absolute atomic E-state index is 0.291. The third-order valence-electron chi connectivity index (χ3n) is 3.62. The van der Waals surface area contributed by atoms with Gasteiger partial charge in [0.05, 0.1) is 12.3 Å². The highest BCUT2D eigenvalue weighted by Crippen LogP contribution is 2.27. The van der Waals surface area contributed by atoms with Gasteiger partial charge in [0.15, 0.2) is 0 Å². The van der Waals surface area contributed by atoms with Crippen LogP contribution < -0.4 is 5.32 Å². The Balaban J connectivity index is 1.99. The highest BCUT2D eigenvalue weighted by molar-refractivity contribution is 5.30. The fourth-order valence-corrected chi connectivity index (χ4v) is 2.78. The number of anilines is 1. The largest absolute Gasteiger partial charge is 0.383 e. The Labute approximate surface area is 110 Å². The molecule has 1 N–H and O–H groups in total. The second-order valence-electron chi connectivity index (χ2n) is 5.51. The van der Waals surface area contributed by atoms with Gasteiger partial charge in [-0.05, 0) is 32.6 Å². The van der Waals surface area contributed by atoms with E-state index in [-0.39, 0.29) is 0 Å². The van der Waals surface area contributed by atoms with Crippen molar-refractivity contribution >= 4 is 5.95 Å². The average molecular weight is 251 g/mol. The molecule has 0 aromatic carbocycles. The van der Waals surface area contributed by atoms with Crippen LogP contribution in [0.15, 0.2) is 6.20 Å². The molecule has 2 rings (SSSR count). The van der Waals surface area contributed by atoms with E-state index >= 15 is 0 Å². The van der Waals surface area contributed by atoms with E-state index in [2.05, 4.69) is 34.9 Å². The topological polar surface area (TPSA) is 39.1 Å². The highest BCUT2D eigenvalue weighted by atomic mass is 16.5. The third kappa shape index (κ3) is 3.48. The molecule has 1 fully saturated rings. The Morgan fingerprint density at radius 1 is 1.50 bits per heavy atom. The quantitative estimate of drug-likeness (QED) is 0.845. The zero-order valence-corrected chi connectivity index (χ0v) is 11.8. The molecule has 4 nitrogen and oxygen atoms in total. The summed E-state index contributed by atoms with van der Waals surface area (Å²) in [6.45, 7) is 5.98. The fraction of sp³-hybridized carbons (Fsp3) is 0.786. The van der Waals surface area contributed by atoms with E-state index in [0.717, 1.165) is 24.1 Å². The number of aryl methyl sites for hydroxylation is 1. The van der Waals surface area contributed by atoms with Crippen LogP contribution in [-0.4, -0.2) is 29.3 Å². The SMILES string of the molecule is COCC(C)Nc1nc(C)cn1CC1CCCC1. The number of nitrogens with one attached hydrogen (secondary N) is 1. The van der Waals surface area contributed by atoms with Crippen molar-refractivity contribution < 1.29 is 4.74 Å². The Kier molecular flexibility index (Phi) is 4.64. The molecular weight excluding hydrogens is 226 g/mol. The second kappa shape index (κ2) is 6.23. The first kappa shape index (κ1) is 13.4. The van der Waals surface area contributed by atoms with Gasteiger partial charge in [-0.25, -0.2) is 4.98 Å². The van der Waals surface area contributed by atoms with Crippen LogP contribution >= 0.6 is 0 Å². The van der Waals surface area contributed by atoms with E-state index < -0.39 is 0 Å². The van der Waals surface area contributed by atoms with Gasteiger partial charge in [0, 0.05) is 25.9 Å². The van der Waals surface area contributed by atoms with Crippen LogP contribution in [0.4, 0.5) is 5.95 Å². The number of hydrogen-bond donors (Lipinski definition) is 1. The molecule has 1 aliphatic rings. The number of ether oxygens (including phenoxy) is 1. The normalized spacial score (nSPS) is 18.2. The first-order valence-corrected chi connectivity index (χ1v) is 6.98. The molecule has 1 aromatic rings. The van der Waals surface area contributed by atoms with Gasteiger partial charge in [-0.2, -0.15) is 0 Å². The molecule has 1 heterocycles. The van der Waals surface area contributed by atoms with E-state index in [1.165, 1.54) is 25.7 Å². The molecule has 1 unspecified atom stereocenters. The fourth-order valence-electron chi connectivity index (χ4n) is 2.78. The first-order chi connectivity index (χ1) is 8.69. The summed E-state index contributed by atoms with van der Waals surface area (Å²) in [7, 11) is 1.73. The molecule has 0 aliphatic heterocycles. The second-order valence-corrected chi connectivity index (χ2v) is 5.51. The van der Waals surface area contributed by atoms with E-state index in [0.29, 0.717) is 12.6 Å². The molecule has 1 atom stereocenters. The van der Waals surface area contributed by atoms with Gasteiger partial charge in [0.2, 0.25) is 5.95 Å². The molecule has 0 amide bonds. The number of aromatic nitrogens is 2. The van der Waals surface area contributed by atoms with Crippen molar-refractivity contribution in [1.29, 1.82) is 0 Å². The summed E-state index contributed by atoms with van der Waals surface area (Å²) in [5.41, 5.74) is 1.08. The predicted molar refractivity (Wildman–Crippen MR) is 73.9 cm³/mol. The minimum atomic E-state index is 0.291. The van der Waals surface area contributed by atoms with Crippen LogP contribution in [0.2, 0.25) is 0 Å². The highest BCUT2D eigenvalue weighted by Gasteiger charge is 2.18. The van der Waals surface area contributed by atoms with Crippen molar-refractivity contribution in [2.24, 2.45) is 5.92 Å². The molecular formula is C14H25N3O. The van der Waals surface area contributed by atoms with Crippen LogP contribution in [0, 0.1) is 12.8 Å². The van der Waals surface area contributed by atoms with Gasteiger partial charge in [-0.15, -0.1) is 0 Å². The lowest BCUT2D eigenvalue weighted by Crippen LogP contribution is -2.23. The van der Waals surface area contributed by atoms with Gasteiger partial charge in [-0.3, -0.25) is 0 Å². The Bertz CT molecular complexity index is 369. The zero-order valence-electron chi connectivity index (χ0n) is 11.8. The molecule has 0 bridgehead atoms. The monoisotopic (exact) mass is 251 g/mol. The van der Waals surface area contributed by atoms with Crippen LogP contribution in [0.5, 0.6) is 0 Å². The summed E-state index contributed by atoms with van der Waals surface area (Å²) in [6.07, 6.45) is 7.66. The van der Waals surface area contributed by atoms with Crippen molar-refractivity contribution in [2.75, 3.05) is 19.0 Å². The summed E-state index contributed by atoms with van der Waals surface area (Å²) in [6, 6.07) is 0.291. The third-order valence-corrected chi connectivity index (χ3v) is 3.62. The maximum absolute atomic E-state index is 5.16. The van der Waals surface area contributed by atoms with Gasteiger partial charge >= 0.3 is 0 Å². The number of methoxy groups -OCH3 is 1. The smallest absolute Gasteiger partial charge is 0.203 e. The van der Waals surface area contributed by atoms with Gasteiger partial charge in [0.25, 0.3) is 0 Å². The van der Waals surface area contributed by atoms with Crippen molar-refractivity contribution in [1.82, 2.24) is 9.55 Å². The van der Waals surface area contributed by atoms with Crippen LogP contribution in [0.3, 0.4) is 0 Å². The molecule has 0 saturated heterocycles. The number of nitrogens with zero attached hydrogens (tertiary/aromatic N) is 2. The van der Waals surface area contributed by atoms with Gasteiger partial charge in [-0.1, -0.05) is 12.8 Å². The Hall–Kier alpha value is -1.03. The molecule has 1 aromatic heterocycles. The summed E-state index contributed by atoms with van der Waals surface area (Å²) in [4.78, 5) is 4.57. The zero-order chi connectivity index (χ0) is 13.0. The lowest BCUT2D eigenvalue weighted by atomic mass is 10.1. The molecule has 102 valence electrons. The van der Waals surface area contributed by atoms with Crippen molar-refractivity contribution in [3.8, 4) is 0 Å². The predicted octanol–water partition coefficient (Wildman–Crippen LogP) is 2.83. The van der Waals surface area contributed by atoms with E-state index in [1.54, 1.807) is 7.11 Å². The molecule has 0 radical (unpaired) electrons. The summed E-state index contributed by atoms with van der Waals surface area (Å²) < 4.78 is 7.43. The lowest BCUT2D eigenvalue weighted by molar-refractivity contribution is 0.190. The van der Waals surface area contributed by atoms with Gasteiger partial charge < -0.3 is 14.6 Å².